The highest BCUT2D eigenvalue weighted by atomic mass is 16.6. The Bertz CT molecular complexity index is 760. The maximum Gasteiger partial charge on any atom is 0.174 e. The van der Waals surface area contributed by atoms with Gasteiger partial charge in [-0.2, -0.15) is 4.65 Å². The molecule has 1 saturated carbocycles. The molecule has 1 unspecified atom stereocenters. The molecule has 1 saturated heterocycles. The number of ketones is 1. The number of quaternary nitrogens is 1. The van der Waals surface area contributed by atoms with Gasteiger partial charge in [0, 0.05) is 24.8 Å². The minimum absolute atomic E-state index is 0.0212. The second-order valence-electron chi connectivity index (χ2n) is 7.72. The van der Waals surface area contributed by atoms with E-state index in [9.17, 15) is 20.2 Å². The van der Waals surface area contributed by atoms with E-state index in [0.29, 0.717) is 31.6 Å². The molecule has 2 fully saturated rings. The number of piperidine rings is 1. The van der Waals surface area contributed by atoms with Crippen molar-refractivity contribution in [3.05, 3.63) is 23.3 Å². The molecule has 1 aromatic rings. The Morgan fingerprint density at radius 2 is 2.13 bits per heavy atom. The summed E-state index contributed by atoms with van der Waals surface area (Å²) in [6, 6.07) is 3.02. The number of phenolic OH excluding ortho intramolecular Hbond substituents is 1. The van der Waals surface area contributed by atoms with Gasteiger partial charge in [-0.25, -0.2) is 5.21 Å². The number of nitrogens with zero attached hydrogens (tertiary/aromatic N) is 1. The summed E-state index contributed by atoms with van der Waals surface area (Å²) in [6.07, 6.45) is 0.791. The number of aliphatic hydroxyl groups is 1. The van der Waals surface area contributed by atoms with Crippen molar-refractivity contribution in [2.45, 2.75) is 48.8 Å². The van der Waals surface area contributed by atoms with Crippen LogP contribution in [0.2, 0.25) is 0 Å². The van der Waals surface area contributed by atoms with E-state index >= 15 is 0 Å². The van der Waals surface area contributed by atoms with Crippen LogP contribution in [-0.2, 0) is 16.6 Å². The number of carbonyl (C=O) groups excluding carboxylic acids is 1. The number of likely N-dealkylation sites (N-methyl/N-ethyl adjacent to an activating group) is 1. The Morgan fingerprint density at radius 3 is 2.91 bits per heavy atom. The third-order valence-electron chi connectivity index (χ3n) is 6.76. The van der Waals surface area contributed by atoms with Gasteiger partial charge in [-0.15, -0.1) is 0 Å². The van der Waals surface area contributed by atoms with Crippen molar-refractivity contribution in [3.8, 4) is 11.5 Å². The zero-order valence-electron chi connectivity index (χ0n) is 13.0. The number of aromatic hydroxyl groups is 1. The van der Waals surface area contributed by atoms with Crippen LogP contribution in [0.15, 0.2) is 12.1 Å². The van der Waals surface area contributed by atoms with Crippen molar-refractivity contribution < 1.29 is 29.6 Å². The van der Waals surface area contributed by atoms with Gasteiger partial charge in [0.2, 0.25) is 0 Å². The molecular weight excluding hydrogens is 298 g/mol. The summed E-state index contributed by atoms with van der Waals surface area (Å²) < 4.78 is 5.67. The van der Waals surface area contributed by atoms with Gasteiger partial charge in [-0.05, 0) is 18.1 Å². The first-order chi connectivity index (χ1) is 10.8. The molecule has 2 aliphatic heterocycles. The van der Waals surface area contributed by atoms with E-state index in [0.717, 1.165) is 11.1 Å². The quantitative estimate of drug-likeness (QED) is 0.612. The second kappa shape index (κ2) is 3.71. The molecule has 4 aliphatic rings. The van der Waals surface area contributed by atoms with Gasteiger partial charge in [0.25, 0.3) is 0 Å². The first-order valence-electron chi connectivity index (χ1n) is 8.16. The first kappa shape index (κ1) is 13.8. The van der Waals surface area contributed by atoms with Gasteiger partial charge in [0.15, 0.2) is 29.4 Å². The van der Waals surface area contributed by atoms with Gasteiger partial charge in [-0.3, -0.25) is 4.79 Å². The summed E-state index contributed by atoms with van der Waals surface area (Å²) in [7, 11) is 1.73. The summed E-state index contributed by atoms with van der Waals surface area (Å²) in [5.41, 5.74) is -0.272. The molecule has 6 nitrogen and oxygen atoms in total. The average molecular weight is 318 g/mol. The van der Waals surface area contributed by atoms with Crippen molar-refractivity contribution in [1.29, 1.82) is 0 Å². The molecule has 0 amide bonds. The minimum Gasteiger partial charge on any atom is -0.504 e. The van der Waals surface area contributed by atoms with Crippen molar-refractivity contribution in [3.63, 3.8) is 0 Å². The lowest BCUT2D eigenvalue weighted by atomic mass is 9.49. The van der Waals surface area contributed by atoms with Gasteiger partial charge < -0.3 is 14.9 Å². The van der Waals surface area contributed by atoms with Gasteiger partial charge in [-0.1, -0.05) is 6.07 Å². The number of hydrogen-bond donors (Lipinski definition) is 3. The van der Waals surface area contributed by atoms with E-state index < -0.39 is 23.2 Å². The predicted molar refractivity (Wildman–Crippen MR) is 78.3 cm³/mol. The molecule has 6 heteroatoms. The van der Waals surface area contributed by atoms with Crippen LogP contribution in [0, 0.1) is 0 Å². The number of benzene rings is 1. The number of rotatable bonds is 0. The van der Waals surface area contributed by atoms with Gasteiger partial charge >= 0.3 is 0 Å². The summed E-state index contributed by atoms with van der Waals surface area (Å²) in [4.78, 5) is 12.5. The van der Waals surface area contributed by atoms with Gasteiger partial charge in [0.1, 0.15) is 12.1 Å². The molecule has 1 spiro atoms. The number of likely N-dealkylation sites (tertiary alicyclic amines) is 1. The predicted octanol–water partition coefficient (Wildman–Crippen LogP) is 0.649. The Balaban J connectivity index is 1.88. The summed E-state index contributed by atoms with van der Waals surface area (Å²) >= 11 is 0. The van der Waals surface area contributed by atoms with Crippen LogP contribution in [0.5, 0.6) is 11.5 Å². The first-order valence-corrected chi connectivity index (χ1v) is 8.16. The van der Waals surface area contributed by atoms with E-state index in [2.05, 4.69) is 0 Å². The second-order valence-corrected chi connectivity index (χ2v) is 7.72. The van der Waals surface area contributed by atoms with Crippen LogP contribution >= 0.6 is 0 Å². The SMILES string of the molecule is C[N@@+]1(O)CC[C@]23c4c5ccc(O)c4O[C@H]2C(=O)CC[C@@]3(O)C1C5. The summed E-state index contributed by atoms with van der Waals surface area (Å²) in [5.74, 6) is 0.354. The van der Waals surface area contributed by atoms with E-state index in [1.807, 2.05) is 6.07 Å². The van der Waals surface area contributed by atoms with Crippen molar-refractivity contribution in [2.75, 3.05) is 13.6 Å². The number of hydrogen-bond acceptors (Lipinski definition) is 5. The van der Waals surface area contributed by atoms with E-state index in [4.69, 9.17) is 4.74 Å². The zero-order valence-corrected chi connectivity index (χ0v) is 13.0. The number of Topliss-reactive ketones (excluding diaryl/α,β-unsaturated/α-hetero) is 1. The number of ether oxygens (including phenoxy) is 1. The fraction of sp³-hybridized carbons (Fsp3) is 0.588. The number of carbonyl (C=O) groups is 1. The molecule has 23 heavy (non-hydrogen) atoms. The van der Waals surface area contributed by atoms with Crippen LogP contribution in [-0.4, -0.2) is 57.2 Å². The lowest BCUT2D eigenvalue weighted by molar-refractivity contribution is -1.12. The van der Waals surface area contributed by atoms with Crippen LogP contribution in [0.1, 0.15) is 30.4 Å². The summed E-state index contributed by atoms with van der Waals surface area (Å²) in [6.45, 7) is 0.453. The van der Waals surface area contributed by atoms with E-state index in [1.54, 1.807) is 13.1 Å². The topological polar surface area (TPSA) is 87.0 Å². The monoisotopic (exact) mass is 318 g/mol. The molecule has 3 N–H and O–H groups in total. The molecule has 5 atom stereocenters. The molecule has 122 valence electrons. The Labute approximate surface area is 133 Å². The van der Waals surface area contributed by atoms with Crippen molar-refractivity contribution in [1.82, 2.24) is 0 Å². The molecule has 1 aromatic carbocycles. The largest absolute Gasteiger partial charge is 0.504 e. The highest BCUT2D eigenvalue weighted by Crippen LogP contribution is 2.65. The highest BCUT2D eigenvalue weighted by molar-refractivity contribution is 5.89. The van der Waals surface area contributed by atoms with Crippen molar-refractivity contribution in [2.24, 2.45) is 0 Å². The molecule has 2 bridgehead atoms. The summed E-state index contributed by atoms with van der Waals surface area (Å²) in [5, 5.41) is 32.7. The average Bonchev–Trinajstić information content (AvgIpc) is 2.86. The van der Waals surface area contributed by atoms with Crippen LogP contribution < -0.4 is 4.74 Å². The fourth-order valence-electron chi connectivity index (χ4n) is 5.72. The normalized spacial score (nSPS) is 46.3. The van der Waals surface area contributed by atoms with E-state index in [1.165, 1.54) is 0 Å². The lowest BCUT2D eigenvalue weighted by Gasteiger charge is -2.61. The van der Waals surface area contributed by atoms with Crippen molar-refractivity contribution >= 4 is 5.78 Å². The molecule has 5 rings (SSSR count). The highest BCUT2D eigenvalue weighted by Gasteiger charge is 2.76. The molecule has 0 aromatic heterocycles. The number of hydroxylamine groups is 3. The molecule has 2 aliphatic carbocycles. The van der Waals surface area contributed by atoms with Crippen LogP contribution in [0.25, 0.3) is 0 Å². The zero-order chi connectivity index (χ0) is 16.2. The third kappa shape index (κ3) is 1.28. The minimum atomic E-state index is -1.20. The lowest BCUT2D eigenvalue weighted by Crippen LogP contribution is -2.80. The van der Waals surface area contributed by atoms with Gasteiger partial charge in [0.05, 0.1) is 12.5 Å². The third-order valence-corrected chi connectivity index (χ3v) is 6.76. The number of phenols is 1. The molecular formula is C17H20NO5+. The smallest absolute Gasteiger partial charge is 0.174 e. The Morgan fingerprint density at radius 1 is 1.35 bits per heavy atom. The maximum atomic E-state index is 12.5. The maximum absolute atomic E-state index is 12.5. The van der Waals surface area contributed by atoms with E-state index in [-0.39, 0.29) is 22.6 Å². The Hall–Kier alpha value is -1.63. The fourth-order valence-corrected chi connectivity index (χ4v) is 5.72. The van der Waals surface area contributed by atoms with Crippen LogP contribution in [0.3, 0.4) is 0 Å². The van der Waals surface area contributed by atoms with Crippen LogP contribution in [0.4, 0.5) is 0 Å². The Kier molecular flexibility index (Phi) is 2.22. The standard InChI is InChI=1S/C17H19NO5/c1-18(22)7-6-16-13-9-2-3-10(19)14(13)23-15(16)11(20)4-5-17(16,21)12(18)8-9/h2-3,12,15,21-22H,4-8H2,1H3/p+1/t12?,15-,16-,17+,18+/m0/s1. The molecule has 2 heterocycles. The molecule has 0 radical (unpaired) electrons.